The minimum atomic E-state index is 0.153. The molecule has 18 heavy (non-hydrogen) atoms. The summed E-state index contributed by atoms with van der Waals surface area (Å²) in [5, 5.41) is 0. The van der Waals surface area contributed by atoms with Gasteiger partial charge in [-0.3, -0.25) is 4.90 Å². The van der Waals surface area contributed by atoms with Crippen LogP contribution in [-0.2, 0) is 6.54 Å². The maximum Gasteiger partial charge on any atom is 0.0798 e. The Morgan fingerprint density at radius 3 is 2.33 bits per heavy atom. The molecule has 0 aliphatic heterocycles. The normalized spacial score (nSPS) is 12.3. The largest absolute Gasteiger partial charge is 0.329 e. The van der Waals surface area contributed by atoms with Gasteiger partial charge in [0, 0.05) is 23.5 Å². The van der Waals surface area contributed by atoms with Crippen LogP contribution in [0, 0.1) is 6.92 Å². The van der Waals surface area contributed by atoms with Crippen LogP contribution in [0.1, 0.15) is 50.1 Å². The zero-order chi connectivity index (χ0) is 13.6. The van der Waals surface area contributed by atoms with Crippen molar-refractivity contribution in [3.8, 4) is 0 Å². The molecule has 0 aliphatic rings. The van der Waals surface area contributed by atoms with E-state index in [4.69, 9.17) is 5.73 Å². The molecule has 0 unspecified atom stereocenters. The first-order valence-electron chi connectivity index (χ1n) is 6.90. The third kappa shape index (κ3) is 3.53. The fourth-order valence-corrected chi connectivity index (χ4v) is 3.49. The molecule has 0 aliphatic carbocycles. The monoisotopic (exact) mass is 269 g/mol. The summed E-state index contributed by atoms with van der Waals surface area (Å²) in [5.41, 5.74) is 9.34. The van der Waals surface area contributed by atoms with E-state index in [1.807, 2.05) is 5.51 Å². The van der Waals surface area contributed by atoms with Gasteiger partial charge in [0.1, 0.15) is 0 Å². The number of nitrogens with zero attached hydrogens (tertiary/aromatic N) is 2. The van der Waals surface area contributed by atoms with E-state index in [1.165, 1.54) is 30.6 Å². The maximum absolute atomic E-state index is 6.09. The molecule has 4 heteroatoms. The van der Waals surface area contributed by atoms with Gasteiger partial charge in [0.2, 0.25) is 0 Å². The highest BCUT2D eigenvalue weighted by molar-refractivity contribution is 7.09. The lowest BCUT2D eigenvalue weighted by atomic mass is 9.87. The lowest BCUT2D eigenvalue weighted by molar-refractivity contribution is 0.0963. The third-order valence-electron chi connectivity index (χ3n) is 3.85. The zero-order valence-corrected chi connectivity index (χ0v) is 13.0. The predicted molar refractivity (Wildman–Crippen MR) is 79.9 cm³/mol. The van der Waals surface area contributed by atoms with E-state index < -0.39 is 0 Å². The molecule has 3 nitrogen and oxygen atoms in total. The molecule has 1 rings (SSSR count). The number of hydrogen-bond acceptors (Lipinski definition) is 4. The van der Waals surface area contributed by atoms with E-state index >= 15 is 0 Å². The second-order valence-corrected chi connectivity index (χ2v) is 6.08. The van der Waals surface area contributed by atoms with Gasteiger partial charge in [-0.2, -0.15) is 0 Å². The Morgan fingerprint density at radius 1 is 1.33 bits per heavy atom. The van der Waals surface area contributed by atoms with Crippen LogP contribution < -0.4 is 5.73 Å². The van der Waals surface area contributed by atoms with Gasteiger partial charge in [0.15, 0.2) is 0 Å². The molecule has 0 saturated heterocycles. The van der Waals surface area contributed by atoms with E-state index in [9.17, 15) is 0 Å². The smallest absolute Gasteiger partial charge is 0.0798 e. The van der Waals surface area contributed by atoms with Crippen LogP contribution in [-0.4, -0.2) is 29.0 Å². The minimum absolute atomic E-state index is 0.153. The lowest BCUT2D eigenvalue weighted by Gasteiger charge is -2.41. The Bertz CT molecular complexity index is 343. The first kappa shape index (κ1) is 15.6. The Kier molecular flexibility index (Phi) is 6.26. The number of aromatic nitrogens is 1. The summed E-state index contributed by atoms with van der Waals surface area (Å²) in [5.74, 6) is 0. The fraction of sp³-hybridized carbons (Fsp3) is 0.786. The standard InChI is InChI=1S/C14H27N3S/c1-5-7-14(10-15,8-6-2)17(4)9-13-12(3)16-11-18-13/h11H,5-10,15H2,1-4H3. The summed E-state index contributed by atoms with van der Waals surface area (Å²) in [7, 11) is 2.21. The third-order valence-corrected chi connectivity index (χ3v) is 4.77. The summed E-state index contributed by atoms with van der Waals surface area (Å²) < 4.78 is 0. The Hall–Kier alpha value is -0.450. The Labute approximate surface area is 115 Å². The molecule has 0 aromatic carbocycles. The average Bonchev–Trinajstić information content (AvgIpc) is 2.74. The van der Waals surface area contributed by atoms with Crippen molar-refractivity contribution in [1.29, 1.82) is 0 Å². The Morgan fingerprint density at radius 2 is 1.94 bits per heavy atom. The van der Waals surface area contributed by atoms with Gasteiger partial charge in [0.25, 0.3) is 0 Å². The maximum atomic E-state index is 6.09. The van der Waals surface area contributed by atoms with Crippen LogP contribution >= 0.6 is 11.3 Å². The van der Waals surface area contributed by atoms with Crippen LogP contribution in [0.4, 0.5) is 0 Å². The van der Waals surface area contributed by atoms with Crippen molar-refractivity contribution < 1.29 is 0 Å². The molecule has 0 bridgehead atoms. The molecule has 104 valence electrons. The fourth-order valence-electron chi connectivity index (χ4n) is 2.66. The highest BCUT2D eigenvalue weighted by Crippen LogP contribution is 2.28. The van der Waals surface area contributed by atoms with E-state index in [0.29, 0.717) is 0 Å². The second-order valence-electron chi connectivity index (χ2n) is 5.15. The van der Waals surface area contributed by atoms with E-state index in [1.54, 1.807) is 11.3 Å². The van der Waals surface area contributed by atoms with Gasteiger partial charge in [-0.25, -0.2) is 4.98 Å². The summed E-state index contributed by atoms with van der Waals surface area (Å²) in [6, 6.07) is 0. The highest BCUT2D eigenvalue weighted by Gasteiger charge is 2.31. The average molecular weight is 269 g/mol. The topological polar surface area (TPSA) is 42.1 Å². The molecule has 1 aromatic heterocycles. The Balaban J connectivity index is 2.81. The van der Waals surface area contributed by atoms with Crippen molar-refractivity contribution in [2.75, 3.05) is 13.6 Å². The molecular weight excluding hydrogens is 242 g/mol. The van der Waals surface area contributed by atoms with Crippen molar-refractivity contribution in [3.63, 3.8) is 0 Å². The molecule has 1 heterocycles. The summed E-state index contributed by atoms with van der Waals surface area (Å²) >= 11 is 1.75. The van der Waals surface area contributed by atoms with Gasteiger partial charge in [-0.1, -0.05) is 26.7 Å². The number of aryl methyl sites for hydroxylation is 1. The molecule has 0 spiro atoms. The SMILES string of the molecule is CCCC(CN)(CCC)N(C)Cc1scnc1C. The summed E-state index contributed by atoms with van der Waals surface area (Å²) in [6.45, 7) is 8.28. The van der Waals surface area contributed by atoms with Gasteiger partial charge in [-0.15, -0.1) is 11.3 Å². The van der Waals surface area contributed by atoms with Crippen LogP contribution in [0.15, 0.2) is 5.51 Å². The molecule has 2 N–H and O–H groups in total. The van der Waals surface area contributed by atoms with Crippen LogP contribution in [0.25, 0.3) is 0 Å². The van der Waals surface area contributed by atoms with E-state index in [-0.39, 0.29) is 5.54 Å². The molecule has 0 radical (unpaired) electrons. The molecule has 0 amide bonds. The summed E-state index contributed by atoms with van der Waals surface area (Å²) in [4.78, 5) is 8.14. The molecule has 0 atom stereocenters. The van der Waals surface area contributed by atoms with E-state index in [0.717, 1.165) is 18.8 Å². The number of hydrogen-bond donors (Lipinski definition) is 1. The second kappa shape index (κ2) is 7.22. The van der Waals surface area contributed by atoms with Crippen LogP contribution in [0.5, 0.6) is 0 Å². The van der Waals surface area contributed by atoms with Crippen molar-refractivity contribution in [1.82, 2.24) is 9.88 Å². The first-order valence-corrected chi connectivity index (χ1v) is 7.78. The predicted octanol–water partition coefficient (Wildman–Crippen LogP) is 3.18. The molecule has 0 fully saturated rings. The molecule has 1 aromatic rings. The molecule has 0 saturated carbocycles. The summed E-state index contributed by atoms with van der Waals surface area (Å²) in [6.07, 6.45) is 4.71. The van der Waals surface area contributed by atoms with Crippen LogP contribution in [0.3, 0.4) is 0 Å². The van der Waals surface area contributed by atoms with Crippen molar-refractivity contribution in [2.24, 2.45) is 5.73 Å². The highest BCUT2D eigenvalue weighted by atomic mass is 32.1. The van der Waals surface area contributed by atoms with Crippen molar-refractivity contribution in [2.45, 2.75) is 58.5 Å². The number of thiazole rings is 1. The quantitative estimate of drug-likeness (QED) is 0.788. The lowest BCUT2D eigenvalue weighted by Crippen LogP contribution is -2.51. The van der Waals surface area contributed by atoms with Crippen molar-refractivity contribution in [3.05, 3.63) is 16.1 Å². The van der Waals surface area contributed by atoms with E-state index in [2.05, 4.69) is 37.7 Å². The van der Waals surface area contributed by atoms with Gasteiger partial charge in [0.05, 0.1) is 11.2 Å². The number of likely N-dealkylation sites (N-methyl/N-ethyl adjacent to an activating group) is 1. The molecular formula is C14H27N3S. The zero-order valence-electron chi connectivity index (χ0n) is 12.2. The first-order chi connectivity index (χ1) is 8.59. The van der Waals surface area contributed by atoms with Gasteiger partial charge >= 0.3 is 0 Å². The van der Waals surface area contributed by atoms with Crippen LogP contribution in [0.2, 0.25) is 0 Å². The van der Waals surface area contributed by atoms with Crippen molar-refractivity contribution >= 4 is 11.3 Å². The van der Waals surface area contributed by atoms with Gasteiger partial charge < -0.3 is 5.73 Å². The number of nitrogens with two attached hydrogens (primary N) is 1. The van der Waals surface area contributed by atoms with Gasteiger partial charge in [-0.05, 0) is 26.8 Å². The minimum Gasteiger partial charge on any atom is -0.329 e. The number of rotatable bonds is 8.